The summed E-state index contributed by atoms with van der Waals surface area (Å²) in [6.07, 6.45) is 3.83. The third-order valence-electron chi connectivity index (χ3n) is 6.77. The second kappa shape index (κ2) is 10.1. The Morgan fingerprint density at radius 2 is 1.57 bits per heavy atom. The van der Waals surface area contributed by atoms with Crippen LogP contribution in [-0.4, -0.2) is 61.3 Å². The summed E-state index contributed by atoms with van der Waals surface area (Å²) < 4.78 is 13.4. The molecule has 4 heteroatoms. The summed E-state index contributed by atoms with van der Waals surface area (Å²) in [5.74, 6) is -0.810. The molecule has 2 atom stereocenters. The molecule has 2 heterocycles. The van der Waals surface area contributed by atoms with E-state index in [1.807, 2.05) is 12.1 Å². The molecular weight excluding hydrogens is 372 g/mol. The van der Waals surface area contributed by atoms with Gasteiger partial charge >= 0.3 is 0 Å². The minimum atomic E-state index is -0.810. The van der Waals surface area contributed by atoms with Gasteiger partial charge in [-0.2, -0.15) is 0 Å². The SMILES string of the molecule is CCN(CC)CCN1CCCCC1C1COC(c2ccccc2)(c2ccccc2)O1. The Hall–Kier alpha value is -1.72. The number of nitrogens with zero attached hydrogens (tertiary/aromatic N) is 2. The number of hydrogen-bond donors (Lipinski definition) is 0. The molecule has 2 aromatic carbocycles. The summed E-state index contributed by atoms with van der Waals surface area (Å²) in [5.41, 5.74) is 2.15. The number of hydrogen-bond acceptors (Lipinski definition) is 4. The van der Waals surface area contributed by atoms with Crippen LogP contribution in [0.4, 0.5) is 0 Å². The molecule has 4 rings (SSSR count). The lowest BCUT2D eigenvalue weighted by Gasteiger charge is -2.40. The number of benzene rings is 2. The summed E-state index contributed by atoms with van der Waals surface area (Å²) in [7, 11) is 0. The number of piperidine rings is 1. The van der Waals surface area contributed by atoms with Gasteiger partial charge in [-0.3, -0.25) is 4.90 Å². The van der Waals surface area contributed by atoms with Crippen molar-refractivity contribution in [3.8, 4) is 0 Å². The van der Waals surface area contributed by atoms with E-state index >= 15 is 0 Å². The molecule has 0 saturated carbocycles. The van der Waals surface area contributed by atoms with Crippen molar-refractivity contribution in [3.63, 3.8) is 0 Å². The van der Waals surface area contributed by atoms with Gasteiger partial charge in [0.15, 0.2) is 0 Å². The Balaban J connectivity index is 1.55. The van der Waals surface area contributed by atoms with Crippen LogP contribution in [0.2, 0.25) is 0 Å². The molecule has 2 aromatic rings. The average molecular weight is 409 g/mol. The molecule has 30 heavy (non-hydrogen) atoms. The summed E-state index contributed by atoms with van der Waals surface area (Å²) in [4.78, 5) is 5.16. The number of ether oxygens (including phenoxy) is 2. The van der Waals surface area contributed by atoms with Gasteiger partial charge in [0.2, 0.25) is 5.79 Å². The lowest BCUT2D eigenvalue weighted by Crippen LogP contribution is -2.50. The van der Waals surface area contributed by atoms with Crippen LogP contribution in [0.1, 0.15) is 44.2 Å². The predicted octanol–water partition coefficient (Wildman–Crippen LogP) is 4.50. The van der Waals surface area contributed by atoms with Crippen molar-refractivity contribution in [2.45, 2.75) is 51.0 Å². The fourth-order valence-electron chi connectivity index (χ4n) is 4.98. The average Bonchev–Trinajstić information content (AvgIpc) is 3.28. The molecule has 2 aliphatic heterocycles. The fraction of sp³-hybridized carbons (Fsp3) is 0.538. The van der Waals surface area contributed by atoms with Crippen LogP contribution in [0.15, 0.2) is 60.7 Å². The van der Waals surface area contributed by atoms with Gasteiger partial charge in [-0.15, -0.1) is 0 Å². The van der Waals surface area contributed by atoms with Gasteiger partial charge < -0.3 is 14.4 Å². The molecule has 2 aliphatic rings. The number of likely N-dealkylation sites (N-methyl/N-ethyl adjacent to an activating group) is 1. The molecule has 0 aromatic heterocycles. The zero-order valence-electron chi connectivity index (χ0n) is 18.5. The van der Waals surface area contributed by atoms with Crippen LogP contribution >= 0.6 is 0 Å². The van der Waals surface area contributed by atoms with Crippen molar-refractivity contribution in [2.24, 2.45) is 0 Å². The normalized spacial score (nSPS) is 24.4. The van der Waals surface area contributed by atoms with E-state index in [9.17, 15) is 0 Å². The highest BCUT2D eigenvalue weighted by atomic mass is 16.7. The van der Waals surface area contributed by atoms with Crippen LogP contribution in [0.5, 0.6) is 0 Å². The largest absolute Gasteiger partial charge is 0.339 e. The van der Waals surface area contributed by atoms with Crippen molar-refractivity contribution in [2.75, 3.05) is 39.3 Å². The molecular formula is C26H36N2O2. The third-order valence-corrected chi connectivity index (χ3v) is 6.77. The zero-order chi connectivity index (χ0) is 20.8. The Morgan fingerprint density at radius 1 is 0.933 bits per heavy atom. The Bertz CT molecular complexity index is 724. The molecule has 0 spiro atoms. The summed E-state index contributed by atoms with van der Waals surface area (Å²) in [5, 5.41) is 0. The molecule has 4 nitrogen and oxygen atoms in total. The Morgan fingerprint density at radius 3 is 2.17 bits per heavy atom. The van der Waals surface area contributed by atoms with Gasteiger partial charge in [0.1, 0.15) is 6.10 Å². The van der Waals surface area contributed by atoms with Gasteiger partial charge in [0, 0.05) is 30.3 Å². The van der Waals surface area contributed by atoms with Crippen LogP contribution < -0.4 is 0 Å². The van der Waals surface area contributed by atoms with E-state index in [0.717, 1.165) is 43.9 Å². The van der Waals surface area contributed by atoms with Gasteiger partial charge in [-0.05, 0) is 32.5 Å². The van der Waals surface area contributed by atoms with E-state index in [2.05, 4.69) is 72.2 Å². The van der Waals surface area contributed by atoms with Crippen LogP contribution in [-0.2, 0) is 15.3 Å². The first-order valence-electron chi connectivity index (χ1n) is 11.7. The van der Waals surface area contributed by atoms with Crippen molar-refractivity contribution in [1.29, 1.82) is 0 Å². The quantitative estimate of drug-likeness (QED) is 0.642. The molecule has 0 N–H and O–H groups in total. The first kappa shape index (κ1) is 21.5. The second-order valence-electron chi connectivity index (χ2n) is 8.44. The first-order valence-corrected chi connectivity index (χ1v) is 11.7. The lowest BCUT2D eigenvalue weighted by molar-refractivity contribution is -0.152. The van der Waals surface area contributed by atoms with E-state index in [1.165, 1.54) is 19.3 Å². The minimum Gasteiger partial charge on any atom is -0.339 e. The van der Waals surface area contributed by atoms with Crippen molar-refractivity contribution in [1.82, 2.24) is 9.80 Å². The maximum Gasteiger partial charge on any atom is 0.222 e. The molecule has 0 aliphatic carbocycles. The van der Waals surface area contributed by atoms with E-state index in [1.54, 1.807) is 0 Å². The van der Waals surface area contributed by atoms with E-state index in [0.29, 0.717) is 12.6 Å². The molecule has 2 fully saturated rings. The highest BCUT2D eigenvalue weighted by molar-refractivity contribution is 5.34. The molecule has 2 unspecified atom stereocenters. The Kier molecular flexibility index (Phi) is 7.21. The van der Waals surface area contributed by atoms with Gasteiger partial charge in [-0.1, -0.05) is 80.9 Å². The monoisotopic (exact) mass is 408 g/mol. The highest BCUT2D eigenvalue weighted by Gasteiger charge is 2.48. The van der Waals surface area contributed by atoms with Gasteiger partial charge in [0.05, 0.1) is 6.61 Å². The lowest BCUT2D eigenvalue weighted by atomic mass is 9.96. The van der Waals surface area contributed by atoms with E-state index in [4.69, 9.17) is 9.47 Å². The minimum absolute atomic E-state index is 0.0856. The highest BCUT2D eigenvalue weighted by Crippen LogP contribution is 2.42. The third kappa shape index (κ3) is 4.47. The van der Waals surface area contributed by atoms with Crippen LogP contribution in [0, 0.1) is 0 Å². The number of likely N-dealkylation sites (tertiary alicyclic amines) is 1. The topological polar surface area (TPSA) is 24.9 Å². The molecule has 0 bridgehead atoms. The van der Waals surface area contributed by atoms with E-state index < -0.39 is 5.79 Å². The first-order chi connectivity index (χ1) is 14.8. The number of rotatable bonds is 8. The van der Waals surface area contributed by atoms with Crippen molar-refractivity contribution < 1.29 is 9.47 Å². The molecule has 0 amide bonds. The molecule has 2 saturated heterocycles. The Labute approximate surface area is 181 Å². The van der Waals surface area contributed by atoms with Crippen molar-refractivity contribution >= 4 is 0 Å². The maximum atomic E-state index is 6.87. The van der Waals surface area contributed by atoms with E-state index in [-0.39, 0.29) is 6.10 Å². The smallest absolute Gasteiger partial charge is 0.222 e. The summed E-state index contributed by atoms with van der Waals surface area (Å²) >= 11 is 0. The fourth-order valence-corrected chi connectivity index (χ4v) is 4.98. The van der Waals surface area contributed by atoms with Gasteiger partial charge in [-0.25, -0.2) is 0 Å². The summed E-state index contributed by atoms with van der Waals surface area (Å²) in [6.45, 7) is 10.8. The van der Waals surface area contributed by atoms with Crippen LogP contribution in [0.3, 0.4) is 0 Å². The van der Waals surface area contributed by atoms with Gasteiger partial charge in [0.25, 0.3) is 0 Å². The maximum absolute atomic E-state index is 6.87. The summed E-state index contributed by atoms with van der Waals surface area (Å²) in [6, 6.07) is 21.3. The van der Waals surface area contributed by atoms with Crippen molar-refractivity contribution in [3.05, 3.63) is 71.8 Å². The molecule has 0 radical (unpaired) electrons. The second-order valence-corrected chi connectivity index (χ2v) is 8.44. The predicted molar refractivity (Wildman–Crippen MR) is 121 cm³/mol. The zero-order valence-corrected chi connectivity index (χ0v) is 18.5. The molecule has 162 valence electrons. The van der Waals surface area contributed by atoms with Crippen LogP contribution in [0.25, 0.3) is 0 Å². The standard InChI is InChI=1S/C26H36N2O2/c1-3-27(4-2)19-20-28-18-12-11-17-24(28)25-21-29-26(30-25,22-13-7-5-8-14-22)23-15-9-6-10-16-23/h5-10,13-16,24-25H,3-4,11-12,17-21H2,1-2H3.